The molecule has 20 heavy (non-hydrogen) atoms. The third-order valence-corrected chi connectivity index (χ3v) is 3.68. The van der Waals surface area contributed by atoms with Gasteiger partial charge in [0.1, 0.15) is 0 Å². The molecule has 2 nitrogen and oxygen atoms in total. The fourth-order valence-corrected chi connectivity index (χ4v) is 2.53. The van der Waals surface area contributed by atoms with E-state index in [4.69, 9.17) is 16.3 Å². The molecular formula is C17H20ClNO. The number of ether oxygens (including phenoxy) is 1. The van der Waals surface area contributed by atoms with E-state index in [0.29, 0.717) is 0 Å². The molecule has 0 saturated heterocycles. The third-order valence-electron chi connectivity index (χ3n) is 3.34. The number of methoxy groups -OCH3 is 1. The van der Waals surface area contributed by atoms with Gasteiger partial charge in [-0.2, -0.15) is 0 Å². The molecule has 106 valence electrons. The highest BCUT2D eigenvalue weighted by molar-refractivity contribution is 6.31. The molecular weight excluding hydrogens is 270 g/mol. The molecule has 0 saturated carbocycles. The Labute approximate surface area is 125 Å². The van der Waals surface area contributed by atoms with E-state index in [2.05, 4.69) is 36.5 Å². The first-order chi connectivity index (χ1) is 9.72. The summed E-state index contributed by atoms with van der Waals surface area (Å²) in [6.07, 6.45) is 0.898. The molecule has 0 aliphatic rings. The van der Waals surface area contributed by atoms with E-state index >= 15 is 0 Å². The lowest BCUT2D eigenvalue weighted by molar-refractivity contribution is 0.202. The SMILES string of the molecule is COCCc1ccccc1NC(C)c1ccccc1Cl. The van der Waals surface area contributed by atoms with E-state index in [1.807, 2.05) is 24.3 Å². The fraction of sp³-hybridized carbons (Fsp3) is 0.294. The summed E-state index contributed by atoms with van der Waals surface area (Å²) in [5.74, 6) is 0. The van der Waals surface area contributed by atoms with Gasteiger partial charge in [0.2, 0.25) is 0 Å². The van der Waals surface area contributed by atoms with E-state index in [0.717, 1.165) is 29.3 Å². The van der Waals surface area contributed by atoms with Gasteiger partial charge >= 0.3 is 0 Å². The fourth-order valence-electron chi connectivity index (χ4n) is 2.23. The maximum Gasteiger partial charge on any atom is 0.0503 e. The van der Waals surface area contributed by atoms with E-state index in [-0.39, 0.29) is 6.04 Å². The smallest absolute Gasteiger partial charge is 0.0503 e. The number of hydrogen-bond donors (Lipinski definition) is 1. The molecule has 0 aliphatic carbocycles. The molecule has 2 aromatic carbocycles. The second-order valence-electron chi connectivity index (χ2n) is 4.79. The van der Waals surface area contributed by atoms with Crippen LogP contribution in [-0.2, 0) is 11.2 Å². The van der Waals surface area contributed by atoms with E-state index in [9.17, 15) is 0 Å². The number of nitrogens with one attached hydrogen (secondary N) is 1. The third kappa shape index (κ3) is 3.75. The Morgan fingerprint density at radius 3 is 2.55 bits per heavy atom. The van der Waals surface area contributed by atoms with Gasteiger partial charge in [-0.15, -0.1) is 0 Å². The topological polar surface area (TPSA) is 21.3 Å². The normalized spacial score (nSPS) is 12.2. The van der Waals surface area contributed by atoms with Crippen LogP contribution in [0.25, 0.3) is 0 Å². The van der Waals surface area contributed by atoms with Gasteiger partial charge in [-0.1, -0.05) is 48.0 Å². The monoisotopic (exact) mass is 289 g/mol. The summed E-state index contributed by atoms with van der Waals surface area (Å²) in [4.78, 5) is 0. The largest absolute Gasteiger partial charge is 0.384 e. The standard InChI is InChI=1S/C17H20ClNO/c1-13(15-8-4-5-9-16(15)18)19-17-10-6-3-7-14(17)11-12-20-2/h3-10,13,19H,11-12H2,1-2H3. The van der Waals surface area contributed by atoms with E-state index in [1.54, 1.807) is 7.11 Å². The first-order valence-electron chi connectivity index (χ1n) is 6.80. The first-order valence-corrected chi connectivity index (χ1v) is 7.18. The van der Waals surface area contributed by atoms with Crippen molar-refractivity contribution < 1.29 is 4.74 Å². The number of halogens is 1. The molecule has 0 amide bonds. The second kappa shape index (κ2) is 7.32. The van der Waals surface area contributed by atoms with Crippen molar-refractivity contribution in [2.75, 3.05) is 19.0 Å². The van der Waals surface area contributed by atoms with Crippen molar-refractivity contribution in [2.24, 2.45) is 0 Å². The Morgan fingerprint density at radius 1 is 1.10 bits per heavy atom. The van der Waals surface area contributed by atoms with Gasteiger partial charge in [-0.25, -0.2) is 0 Å². The van der Waals surface area contributed by atoms with Crippen LogP contribution < -0.4 is 5.32 Å². The Morgan fingerprint density at radius 2 is 1.80 bits per heavy atom. The van der Waals surface area contributed by atoms with Crippen molar-refractivity contribution in [3.63, 3.8) is 0 Å². The predicted molar refractivity (Wildman–Crippen MR) is 85.5 cm³/mol. The lowest BCUT2D eigenvalue weighted by Crippen LogP contribution is -2.09. The van der Waals surface area contributed by atoms with Crippen molar-refractivity contribution in [3.05, 3.63) is 64.7 Å². The highest BCUT2D eigenvalue weighted by Gasteiger charge is 2.10. The van der Waals surface area contributed by atoms with Crippen LogP contribution in [0.4, 0.5) is 5.69 Å². The van der Waals surface area contributed by atoms with Gasteiger partial charge < -0.3 is 10.1 Å². The number of benzene rings is 2. The molecule has 0 bridgehead atoms. The average molecular weight is 290 g/mol. The summed E-state index contributed by atoms with van der Waals surface area (Å²) in [6.45, 7) is 2.84. The minimum absolute atomic E-state index is 0.160. The molecule has 0 aromatic heterocycles. The van der Waals surface area contributed by atoms with Crippen LogP contribution in [0.1, 0.15) is 24.1 Å². The molecule has 2 rings (SSSR count). The zero-order valence-corrected chi connectivity index (χ0v) is 12.7. The molecule has 0 aliphatic heterocycles. The van der Waals surface area contributed by atoms with Crippen molar-refractivity contribution in [3.8, 4) is 0 Å². The lowest BCUT2D eigenvalue weighted by Gasteiger charge is -2.19. The molecule has 1 N–H and O–H groups in total. The maximum absolute atomic E-state index is 6.25. The average Bonchev–Trinajstić information content (AvgIpc) is 2.46. The minimum Gasteiger partial charge on any atom is -0.384 e. The molecule has 2 aromatic rings. The van der Waals surface area contributed by atoms with Crippen LogP contribution in [0, 0.1) is 0 Å². The Bertz CT molecular complexity index is 556. The van der Waals surface area contributed by atoms with Gasteiger partial charge in [0, 0.05) is 23.9 Å². The zero-order chi connectivity index (χ0) is 14.4. The summed E-state index contributed by atoms with van der Waals surface area (Å²) in [7, 11) is 1.72. The molecule has 3 heteroatoms. The Kier molecular flexibility index (Phi) is 5.45. The summed E-state index contributed by atoms with van der Waals surface area (Å²) in [5, 5.41) is 4.33. The van der Waals surface area contributed by atoms with Gasteiger partial charge in [-0.3, -0.25) is 0 Å². The summed E-state index contributed by atoms with van der Waals surface area (Å²) in [5.41, 5.74) is 3.50. The van der Waals surface area contributed by atoms with Crippen LogP contribution in [-0.4, -0.2) is 13.7 Å². The molecule has 0 radical (unpaired) electrons. The van der Waals surface area contributed by atoms with Crippen molar-refractivity contribution in [2.45, 2.75) is 19.4 Å². The number of anilines is 1. The Balaban J connectivity index is 2.15. The van der Waals surface area contributed by atoms with Crippen LogP contribution in [0.15, 0.2) is 48.5 Å². The maximum atomic E-state index is 6.25. The van der Waals surface area contributed by atoms with Crippen molar-refractivity contribution in [1.29, 1.82) is 0 Å². The van der Waals surface area contributed by atoms with E-state index < -0.39 is 0 Å². The van der Waals surface area contributed by atoms with Gasteiger partial charge in [0.15, 0.2) is 0 Å². The number of rotatable bonds is 6. The summed E-state index contributed by atoms with van der Waals surface area (Å²) in [6, 6.07) is 16.4. The molecule has 0 fully saturated rings. The molecule has 1 unspecified atom stereocenters. The van der Waals surface area contributed by atoms with Gasteiger partial charge in [0.25, 0.3) is 0 Å². The van der Waals surface area contributed by atoms with Gasteiger partial charge in [-0.05, 0) is 36.6 Å². The van der Waals surface area contributed by atoms with Crippen LogP contribution >= 0.6 is 11.6 Å². The highest BCUT2D eigenvalue weighted by atomic mass is 35.5. The lowest BCUT2D eigenvalue weighted by atomic mass is 10.1. The van der Waals surface area contributed by atoms with Crippen LogP contribution in [0.3, 0.4) is 0 Å². The second-order valence-corrected chi connectivity index (χ2v) is 5.19. The van der Waals surface area contributed by atoms with E-state index in [1.165, 1.54) is 5.56 Å². The Hall–Kier alpha value is -1.51. The van der Waals surface area contributed by atoms with Crippen LogP contribution in [0.2, 0.25) is 5.02 Å². The molecule has 0 spiro atoms. The summed E-state index contributed by atoms with van der Waals surface area (Å²) >= 11 is 6.25. The first kappa shape index (κ1) is 14.9. The van der Waals surface area contributed by atoms with Gasteiger partial charge in [0.05, 0.1) is 6.61 Å². The highest BCUT2D eigenvalue weighted by Crippen LogP contribution is 2.27. The summed E-state index contributed by atoms with van der Waals surface area (Å²) < 4.78 is 5.16. The minimum atomic E-state index is 0.160. The number of para-hydroxylation sites is 1. The molecule has 1 atom stereocenters. The van der Waals surface area contributed by atoms with Crippen molar-refractivity contribution >= 4 is 17.3 Å². The van der Waals surface area contributed by atoms with Crippen molar-refractivity contribution in [1.82, 2.24) is 0 Å². The quantitative estimate of drug-likeness (QED) is 0.832. The predicted octanol–water partition coefficient (Wildman–Crippen LogP) is 4.70. The van der Waals surface area contributed by atoms with Crippen LogP contribution in [0.5, 0.6) is 0 Å². The number of hydrogen-bond acceptors (Lipinski definition) is 2. The molecule has 0 heterocycles. The zero-order valence-electron chi connectivity index (χ0n) is 11.9.